The third kappa shape index (κ3) is 6.98. The number of amides is 1. The molecule has 1 N–H and O–H groups in total. The molecule has 1 aliphatic heterocycles. The second kappa shape index (κ2) is 12.4. The molecular formula is C28H37N5O3. The van der Waals surface area contributed by atoms with E-state index in [9.17, 15) is 14.9 Å². The lowest BCUT2D eigenvalue weighted by Crippen LogP contribution is -2.46. The zero-order valence-corrected chi connectivity index (χ0v) is 22.0. The van der Waals surface area contributed by atoms with Crippen molar-refractivity contribution in [2.24, 2.45) is 5.92 Å². The van der Waals surface area contributed by atoms with Gasteiger partial charge in [-0.1, -0.05) is 20.8 Å². The number of hydrogen-bond donors (Lipinski definition) is 1. The normalized spacial score (nSPS) is 14.6. The quantitative estimate of drug-likeness (QED) is 0.324. The van der Waals surface area contributed by atoms with Crippen molar-refractivity contribution >= 4 is 29.3 Å². The molecule has 0 radical (unpaired) electrons. The first kappa shape index (κ1) is 27.0. The van der Waals surface area contributed by atoms with Gasteiger partial charge in [0.25, 0.3) is 5.91 Å². The van der Waals surface area contributed by atoms with Crippen LogP contribution in [-0.2, 0) is 20.9 Å². The maximum atomic E-state index is 12.5. The monoisotopic (exact) mass is 491 g/mol. The molecule has 1 amide bonds. The number of carbonyl (C=O) groups is 2. The van der Waals surface area contributed by atoms with Crippen LogP contribution in [0.15, 0.2) is 35.9 Å². The summed E-state index contributed by atoms with van der Waals surface area (Å²) >= 11 is 0. The number of esters is 1. The summed E-state index contributed by atoms with van der Waals surface area (Å²) in [6, 6.07) is 11.5. The van der Waals surface area contributed by atoms with Gasteiger partial charge in [0.2, 0.25) is 0 Å². The average Bonchev–Trinajstić information content (AvgIpc) is 3.13. The second-order valence-corrected chi connectivity index (χ2v) is 9.59. The summed E-state index contributed by atoms with van der Waals surface area (Å²) in [6.45, 7) is 15.9. The Hall–Kier alpha value is -3.57. The lowest BCUT2D eigenvalue weighted by molar-refractivity contribution is -0.142. The highest BCUT2D eigenvalue weighted by Gasteiger charge is 2.17. The fraction of sp³-hybridized carbons (Fsp3) is 0.464. The molecule has 1 aliphatic rings. The Morgan fingerprint density at radius 1 is 1.14 bits per heavy atom. The van der Waals surface area contributed by atoms with Crippen LogP contribution in [0.4, 0.5) is 11.4 Å². The Labute approximate surface area is 214 Å². The Morgan fingerprint density at radius 3 is 2.39 bits per heavy atom. The van der Waals surface area contributed by atoms with Crippen LogP contribution in [0.25, 0.3) is 6.08 Å². The van der Waals surface area contributed by atoms with E-state index in [4.69, 9.17) is 4.74 Å². The molecule has 36 heavy (non-hydrogen) atoms. The topological polar surface area (TPSA) is 90.6 Å². The van der Waals surface area contributed by atoms with Crippen LogP contribution >= 0.6 is 0 Å². The first-order valence-electron chi connectivity index (χ1n) is 12.5. The van der Waals surface area contributed by atoms with Crippen molar-refractivity contribution in [3.8, 4) is 6.07 Å². The van der Waals surface area contributed by atoms with Crippen molar-refractivity contribution in [1.82, 2.24) is 9.47 Å². The SMILES string of the molecule is CCN1CCN(c2ccc(NC(=O)COC(=O)C(C#N)=Cc3cc(C)n(CC(C)C)c3C)cc2)CC1. The summed E-state index contributed by atoms with van der Waals surface area (Å²) in [6.07, 6.45) is 1.53. The third-order valence-corrected chi connectivity index (χ3v) is 6.47. The predicted molar refractivity (Wildman–Crippen MR) is 143 cm³/mol. The van der Waals surface area contributed by atoms with Gasteiger partial charge in [0.05, 0.1) is 0 Å². The van der Waals surface area contributed by atoms with Crippen LogP contribution in [0.3, 0.4) is 0 Å². The van der Waals surface area contributed by atoms with E-state index < -0.39 is 18.5 Å². The van der Waals surface area contributed by atoms with Crippen molar-refractivity contribution in [3.63, 3.8) is 0 Å². The zero-order valence-electron chi connectivity index (χ0n) is 22.0. The smallest absolute Gasteiger partial charge is 0.349 e. The minimum atomic E-state index is -0.817. The summed E-state index contributed by atoms with van der Waals surface area (Å²) in [7, 11) is 0. The van der Waals surface area contributed by atoms with Crippen LogP contribution in [-0.4, -0.2) is 60.7 Å². The van der Waals surface area contributed by atoms with Gasteiger partial charge in [0.1, 0.15) is 11.6 Å². The highest BCUT2D eigenvalue weighted by molar-refractivity contribution is 6.00. The van der Waals surface area contributed by atoms with Gasteiger partial charge in [-0.05, 0) is 68.3 Å². The molecule has 0 saturated carbocycles. The van der Waals surface area contributed by atoms with E-state index in [1.54, 1.807) is 0 Å². The number of nitrogens with zero attached hydrogens (tertiary/aromatic N) is 4. The van der Waals surface area contributed by atoms with Gasteiger partial charge in [-0.25, -0.2) is 4.79 Å². The standard InChI is InChI=1S/C28H37N5O3/c1-6-31-11-13-32(14-12-31)26-9-7-25(8-10-26)30-27(34)19-36-28(35)24(17-29)16-23-15-21(4)33(22(23)5)18-20(2)3/h7-10,15-16,20H,6,11-14,18-19H2,1-5H3,(H,30,34). The number of nitrogens with one attached hydrogen (secondary N) is 1. The van der Waals surface area contributed by atoms with Gasteiger partial charge < -0.3 is 24.4 Å². The van der Waals surface area contributed by atoms with E-state index in [1.807, 2.05) is 50.2 Å². The molecule has 0 atom stereocenters. The first-order chi connectivity index (χ1) is 17.2. The molecule has 0 spiro atoms. The van der Waals surface area contributed by atoms with E-state index in [2.05, 4.69) is 40.5 Å². The second-order valence-electron chi connectivity index (χ2n) is 9.59. The largest absolute Gasteiger partial charge is 0.451 e. The van der Waals surface area contributed by atoms with E-state index in [-0.39, 0.29) is 5.57 Å². The van der Waals surface area contributed by atoms with Crippen molar-refractivity contribution in [2.45, 2.75) is 41.2 Å². The lowest BCUT2D eigenvalue weighted by Gasteiger charge is -2.35. The lowest BCUT2D eigenvalue weighted by atomic mass is 10.1. The molecule has 1 aromatic heterocycles. The Kier molecular flexibility index (Phi) is 9.31. The number of piperazine rings is 1. The van der Waals surface area contributed by atoms with Gasteiger partial charge in [0.15, 0.2) is 6.61 Å². The minimum absolute atomic E-state index is 0.139. The van der Waals surface area contributed by atoms with Gasteiger partial charge in [0, 0.05) is 55.5 Å². The Balaban J connectivity index is 1.54. The van der Waals surface area contributed by atoms with E-state index in [1.165, 1.54) is 6.08 Å². The van der Waals surface area contributed by atoms with E-state index >= 15 is 0 Å². The van der Waals surface area contributed by atoms with Crippen LogP contribution in [0.1, 0.15) is 37.7 Å². The van der Waals surface area contributed by atoms with Crippen LogP contribution in [0.5, 0.6) is 0 Å². The molecule has 0 aliphatic carbocycles. The van der Waals surface area contributed by atoms with Gasteiger partial charge >= 0.3 is 5.97 Å². The first-order valence-corrected chi connectivity index (χ1v) is 12.5. The summed E-state index contributed by atoms with van der Waals surface area (Å²) in [5, 5.41) is 12.2. The molecule has 192 valence electrons. The van der Waals surface area contributed by atoms with Gasteiger partial charge in [-0.3, -0.25) is 4.79 Å². The van der Waals surface area contributed by atoms with Gasteiger partial charge in [-0.2, -0.15) is 5.26 Å². The number of aromatic nitrogens is 1. The minimum Gasteiger partial charge on any atom is -0.451 e. The molecule has 1 saturated heterocycles. The van der Waals surface area contributed by atoms with E-state index in [0.717, 1.165) is 61.9 Å². The average molecular weight is 492 g/mol. The number of anilines is 2. The highest BCUT2D eigenvalue weighted by atomic mass is 16.5. The number of nitriles is 1. The number of benzene rings is 1. The van der Waals surface area contributed by atoms with Gasteiger partial charge in [-0.15, -0.1) is 0 Å². The number of rotatable bonds is 9. The molecule has 0 bridgehead atoms. The summed E-state index contributed by atoms with van der Waals surface area (Å²) in [4.78, 5) is 29.6. The molecule has 0 unspecified atom stereocenters. The van der Waals surface area contributed by atoms with Crippen LogP contribution in [0, 0.1) is 31.1 Å². The highest BCUT2D eigenvalue weighted by Crippen LogP contribution is 2.21. The Bertz CT molecular complexity index is 1130. The van der Waals surface area contributed by atoms with Crippen molar-refractivity contribution < 1.29 is 14.3 Å². The molecule has 2 heterocycles. The number of likely N-dealkylation sites (N-methyl/N-ethyl adjacent to an activating group) is 1. The van der Waals surface area contributed by atoms with Crippen molar-refractivity contribution in [1.29, 1.82) is 5.26 Å². The number of aryl methyl sites for hydroxylation is 1. The van der Waals surface area contributed by atoms with Crippen LogP contribution < -0.4 is 10.2 Å². The van der Waals surface area contributed by atoms with Crippen LogP contribution in [0.2, 0.25) is 0 Å². The number of ether oxygens (including phenoxy) is 1. The molecule has 1 fully saturated rings. The predicted octanol–water partition coefficient (Wildman–Crippen LogP) is 3.99. The van der Waals surface area contributed by atoms with Crippen molar-refractivity contribution in [2.75, 3.05) is 49.5 Å². The maximum absolute atomic E-state index is 12.5. The molecule has 1 aromatic carbocycles. The fourth-order valence-corrected chi connectivity index (χ4v) is 4.40. The summed E-state index contributed by atoms with van der Waals surface area (Å²) < 4.78 is 7.29. The number of hydrogen-bond acceptors (Lipinski definition) is 6. The molecule has 2 aromatic rings. The molecular weight excluding hydrogens is 454 g/mol. The molecule has 3 rings (SSSR count). The fourth-order valence-electron chi connectivity index (χ4n) is 4.40. The molecule has 8 nitrogen and oxygen atoms in total. The third-order valence-electron chi connectivity index (χ3n) is 6.47. The Morgan fingerprint density at radius 2 is 1.81 bits per heavy atom. The summed E-state index contributed by atoms with van der Waals surface area (Å²) in [5.74, 6) is -0.804. The maximum Gasteiger partial charge on any atom is 0.349 e. The zero-order chi connectivity index (χ0) is 26.2. The van der Waals surface area contributed by atoms with E-state index in [0.29, 0.717) is 11.6 Å². The summed E-state index contributed by atoms with van der Waals surface area (Å²) in [5.41, 5.74) is 4.44. The molecule has 8 heteroatoms. The number of carbonyl (C=O) groups excluding carboxylic acids is 2. The van der Waals surface area contributed by atoms with Crippen molar-refractivity contribution in [3.05, 3.63) is 52.9 Å².